The molecule has 2 nitrogen and oxygen atoms in total. The fourth-order valence-electron chi connectivity index (χ4n) is 1.88. The van der Waals surface area contributed by atoms with Gasteiger partial charge in [0.25, 0.3) is 0 Å². The van der Waals surface area contributed by atoms with E-state index in [0.717, 1.165) is 11.5 Å². The van der Waals surface area contributed by atoms with E-state index in [4.69, 9.17) is 9.47 Å². The fourth-order valence-corrected chi connectivity index (χ4v) is 1.88. The monoisotopic (exact) mass is 256 g/mol. The predicted molar refractivity (Wildman–Crippen MR) is 77.7 cm³/mol. The van der Waals surface area contributed by atoms with Gasteiger partial charge in [-0.15, -0.1) is 0 Å². The van der Waals surface area contributed by atoms with Crippen molar-refractivity contribution in [2.45, 2.75) is 33.5 Å². The van der Waals surface area contributed by atoms with Gasteiger partial charge in [-0.3, -0.25) is 0 Å². The molecule has 0 heterocycles. The highest BCUT2D eigenvalue weighted by Crippen LogP contribution is 2.21. The van der Waals surface area contributed by atoms with Gasteiger partial charge >= 0.3 is 0 Å². The van der Waals surface area contributed by atoms with E-state index in [2.05, 4.69) is 25.1 Å². The van der Waals surface area contributed by atoms with Crippen molar-refractivity contribution < 1.29 is 9.47 Å². The minimum atomic E-state index is 0.173. The van der Waals surface area contributed by atoms with E-state index in [-0.39, 0.29) is 6.10 Å². The van der Waals surface area contributed by atoms with Gasteiger partial charge in [0.15, 0.2) is 0 Å². The van der Waals surface area contributed by atoms with Crippen molar-refractivity contribution in [1.29, 1.82) is 0 Å². The molecule has 0 saturated heterocycles. The second-order valence-corrected chi connectivity index (χ2v) is 4.92. The van der Waals surface area contributed by atoms with Crippen molar-refractivity contribution in [3.63, 3.8) is 0 Å². The third kappa shape index (κ3) is 4.32. The van der Waals surface area contributed by atoms with Crippen molar-refractivity contribution >= 4 is 0 Å². The Morgan fingerprint density at radius 1 is 0.947 bits per heavy atom. The Kier molecular flexibility index (Phi) is 4.45. The summed E-state index contributed by atoms with van der Waals surface area (Å²) in [4.78, 5) is 0. The summed E-state index contributed by atoms with van der Waals surface area (Å²) in [5.41, 5.74) is 2.42. The van der Waals surface area contributed by atoms with Crippen molar-refractivity contribution in [3.05, 3.63) is 59.7 Å². The van der Waals surface area contributed by atoms with Crippen LogP contribution in [0.15, 0.2) is 48.5 Å². The maximum atomic E-state index is 5.79. The SMILES string of the molecule is Cc1cccc(COc2cccc(OC(C)C)c2)c1. The lowest BCUT2D eigenvalue weighted by Crippen LogP contribution is -2.05. The van der Waals surface area contributed by atoms with Gasteiger partial charge in [-0.2, -0.15) is 0 Å². The molecule has 2 aromatic rings. The van der Waals surface area contributed by atoms with Gasteiger partial charge in [0.2, 0.25) is 0 Å². The summed E-state index contributed by atoms with van der Waals surface area (Å²) in [6.45, 7) is 6.69. The van der Waals surface area contributed by atoms with Crippen LogP contribution in [-0.2, 0) is 6.61 Å². The van der Waals surface area contributed by atoms with Gasteiger partial charge in [0.1, 0.15) is 18.1 Å². The molecule has 0 aliphatic rings. The van der Waals surface area contributed by atoms with E-state index < -0.39 is 0 Å². The molecule has 0 atom stereocenters. The first-order valence-corrected chi connectivity index (χ1v) is 6.58. The first kappa shape index (κ1) is 13.5. The van der Waals surface area contributed by atoms with E-state index in [1.54, 1.807) is 0 Å². The van der Waals surface area contributed by atoms with Gasteiger partial charge in [0.05, 0.1) is 6.10 Å². The molecule has 2 heteroatoms. The lowest BCUT2D eigenvalue weighted by molar-refractivity contribution is 0.239. The highest BCUT2D eigenvalue weighted by Gasteiger charge is 2.01. The highest BCUT2D eigenvalue weighted by molar-refractivity contribution is 5.33. The maximum Gasteiger partial charge on any atom is 0.123 e. The third-order valence-electron chi connectivity index (χ3n) is 2.67. The molecule has 0 saturated carbocycles. The normalized spacial score (nSPS) is 10.5. The molecule has 0 spiro atoms. The molecule has 0 bridgehead atoms. The summed E-state index contributed by atoms with van der Waals surface area (Å²) in [7, 11) is 0. The Balaban J connectivity index is 1.99. The zero-order valence-electron chi connectivity index (χ0n) is 11.7. The van der Waals surface area contributed by atoms with Crippen LogP contribution in [0.1, 0.15) is 25.0 Å². The lowest BCUT2D eigenvalue weighted by Gasteiger charge is -2.12. The standard InChI is InChI=1S/C17H20O2/c1-13(2)19-17-9-5-8-16(11-17)18-12-15-7-4-6-14(3)10-15/h4-11,13H,12H2,1-3H3. The summed E-state index contributed by atoms with van der Waals surface area (Å²) in [5.74, 6) is 1.68. The fraction of sp³-hybridized carbons (Fsp3) is 0.294. The lowest BCUT2D eigenvalue weighted by atomic mass is 10.1. The van der Waals surface area contributed by atoms with Crippen LogP contribution in [0.25, 0.3) is 0 Å². The van der Waals surface area contributed by atoms with Crippen LogP contribution in [0.4, 0.5) is 0 Å². The molecule has 0 radical (unpaired) electrons. The Bertz CT molecular complexity index is 532. The Morgan fingerprint density at radius 2 is 1.68 bits per heavy atom. The maximum absolute atomic E-state index is 5.79. The smallest absolute Gasteiger partial charge is 0.123 e. The van der Waals surface area contributed by atoms with E-state index in [1.807, 2.05) is 44.2 Å². The second kappa shape index (κ2) is 6.28. The minimum absolute atomic E-state index is 0.173. The van der Waals surface area contributed by atoms with Crippen LogP contribution in [0.3, 0.4) is 0 Å². The van der Waals surface area contributed by atoms with Crippen LogP contribution in [0.5, 0.6) is 11.5 Å². The van der Waals surface area contributed by atoms with Crippen LogP contribution in [-0.4, -0.2) is 6.10 Å². The summed E-state index contributed by atoms with van der Waals surface area (Å²) in [5, 5.41) is 0. The molecule has 0 aliphatic heterocycles. The molecule has 2 rings (SSSR count). The molecular weight excluding hydrogens is 236 g/mol. The molecule has 0 amide bonds. The summed E-state index contributed by atoms with van der Waals surface area (Å²) in [6.07, 6.45) is 0.173. The first-order chi connectivity index (χ1) is 9.13. The van der Waals surface area contributed by atoms with Crippen LogP contribution in [0, 0.1) is 6.92 Å². The molecule has 0 unspecified atom stereocenters. The minimum Gasteiger partial charge on any atom is -0.491 e. The number of hydrogen-bond acceptors (Lipinski definition) is 2. The molecule has 0 aromatic heterocycles. The molecule has 0 aliphatic carbocycles. The average Bonchev–Trinajstić information content (AvgIpc) is 2.36. The average molecular weight is 256 g/mol. The van der Waals surface area contributed by atoms with E-state index in [9.17, 15) is 0 Å². The summed E-state index contributed by atoms with van der Waals surface area (Å²) >= 11 is 0. The van der Waals surface area contributed by atoms with E-state index in [1.165, 1.54) is 11.1 Å². The zero-order chi connectivity index (χ0) is 13.7. The first-order valence-electron chi connectivity index (χ1n) is 6.58. The van der Waals surface area contributed by atoms with Gasteiger partial charge in [-0.1, -0.05) is 35.9 Å². The zero-order valence-corrected chi connectivity index (χ0v) is 11.7. The van der Waals surface area contributed by atoms with Crippen LogP contribution < -0.4 is 9.47 Å². The number of benzene rings is 2. The molecule has 2 aromatic carbocycles. The molecule has 100 valence electrons. The molecule has 0 fully saturated rings. The number of ether oxygens (including phenoxy) is 2. The Morgan fingerprint density at radius 3 is 2.42 bits per heavy atom. The highest BCUT2D eigenvalue weighted by atomic mass is 16.5. The quantitative estimate of drug-likeness (QED) is 0.791. The second-order valence-electron chi connectivity index (χ2n) is 4.92. The van der Waals surface area contributed by atoms with Crippen molar-refractivity contribution in [3.8, 4) is 11.5 Å². The van der Waals surface area contributed by atoms with Crippen molar-refractivity contribution in [2.24, 2.45) is 0 Å². The topological polar surface area (TPSA) is 18.5 Å². The predicted octanol–water partition coefficient (Wildman–Crippen LogP) is 4.36. The number of hydrogen-bond donors (Lipinski definition) is 0. The Labute approximate surface area is 115 Å². The van der Waals surface area contributed by atoms with Gasteiger partial charge < -0.3 is 9.47 Å². The summed E-state index contributed by atoms with van der Waals surface area (Å²) in [6, 6.07) is 16.1. The largest absolute Gasteiger partial charge is 0.491 e. The third-order valence-corrected chi connectivity index (χ3v) is 2.67. The van der Waals surface area contributed by atoms with Crippen molar-refractivity contribution in [1.82, 2.24) is 0 Å². The van der Waals surface area contributed by atoms with Gasteiger partial charge in [0, 0.05) is 6.07 Å². The molecule has 19 heavy (non-hydrogen) atoms. The van der Waals surface area contributed by atoms with E-state index in [0.29, 0.717) is 6.61 Å². The van der Waals surface area contributed by atoms with Crippen LogP contribution >= 0.6 is 0 Å². The number of aryl methyl sites for hydroxylation is 1. The van der Waals surface area contributed by atoms with Crippen LogP contribution in [0.2, 0.25) is 0 Å². The van der Waals surface area contributed by atoms with Crippen molar-refractivity contribution in [2.75, 3.05) is 0 Å². The molecular formula is C17H20O2. The van der Waals surface area contributed by atoms with Gasteiger partial charge in [-0.25, -0.2) is 0 Å². The Hall–Kier alpha value is -1.96. The molecule has 0 N–H and O–H groups in total. The summed E-state index contributed by atoms with van der Waals surface area (Å²) < 4.78 is 11.4. The number of rotatable bonds is 5. The van der Waals surface area contributed by atoms with E-state index >= 15 is 0 Å². The van der Waals surface area contributed by atoms with Gasteiger partial charge in [-0.05, 0) is 38.5 Å².